The highest BCUT2D eigenvalue weighted by atomic mass is 16.5. The van der Waals surface area contributed by atoms with Gasteiger partial charge in [0.1, 0.15) is 11.4 Å². The van der Waals surface area contributed by atoms with Crippen LogP contribution in [0.15, 0.2) is 47.6 Å². The minimum Gasteiger partial charge on any atom is -0.383 e. The maximum absolute atomic E-state index is 13.1. The number of nitrogens with zero attached hydrogens (tertiary/aromatic N) is 3. The number of anilines is 2. The number of methoxy groups -OCH3 is 1. The highest BCUT2D eigenvalue weighted by molar-refractivity contribution is 6.10. The molecule has 0 radical (unpaired) electrons. The molecule has 1 saturated heterocycles. The number of hydrogen-bond donors (Lipinski definition) is 2. The number of aromatic nitrogens is 1. The van der Waals surface area contributed by atoms with Crippen molar-refractivity contribution in [3.05, 3.63) is 53.9 Å². The van der Waals surface area contributed by atoms with Gasteiger partial charge in [-0.15, -0.1) is 0 Å². The summed E-state index contributed by atoms with van der Waals surface area (Å²) >= 11 is 0. The van der Waals surface area contributed by atoms with Gasteiger partial charge in [0.15, 0.2) is 0 Å². The third kappa shape index (κ3) is 3.96. The van der Waals surface area contributed by atoms with E-state index in [9.17, 15) is 4.79 Å². The van der Waals surface area contributed by atoms with Crippen molar-refractivity contribution < 1.29 is 9.53 Å². The van der Waals surface area contributed by atoms with Gasteiger partial charge in [0.2, 0.25) is 0 Å². The summed E-state index contributed by atoms with van der Waals surface area (Å²) < 4.78 is 5.18. The van der Waals surface area contributed by atoms with Crippen molar-refractivity contribution in [1.29, 1.82) is 0 Å². The van der Waals surface area contributed by atoms with E-state index in [4.69, 9.17) is 9.73 Å². The number of piperidine rings is 1. The number of benzene rings is 1. The van der Waals surface area contributed by atoms with Crippen LogP contribution in [-0.2, 0) is 4.74 Å². The van der Waals surface area contributed by atoms with Crippen LogP contribution in [-0.4, -0.2) is 60.5 Å². The van der Waals surface area contributed by atoms with Crippen molar-refractivity contribution in [1.82, 2.24) is 9.88 Å². The Morgan fingerprint density at radius 3 is 2.86 bits per heavy atom. The molecule has 4 rings (SSSR count). The van der Waals surface area contributed by atoms with Crippen molar-refractivity contribution in [2.75, 3.05) is 44.0 Å². The quantitative estimate of drug-likeness (QED) is 0.781. The van der Waals surface area contributed by atoms with Gasteiger partial charge in [0.25, 0.3) is 5.91 Å². The lowest BCUT2D eigenvalue weighted by molar-refractivity contribution is 0.0694. The van der Waals surface area contributed by atoms with E-state index in [2.05, 4.69) is 21.7 Å². The molecule has 0 aliphatic carbocycles. The molecule has 2 aliphatic heterocycles. The largest absolute Gasteiger partial charge is 0.383 e. The average Bonchev–Trinajstić information content (AvgIpc) is 2.74. The minimum atomic E-state index is -0.436. The van der Waals surface area contributed by atoms with Gasteiger partial charge in [-0.3, -0.25) is 14.8 Å². The van der Waals surface area contributed by atoms with E-state index in [1.165, 1.54) is 0 Å². The Labute approximate surface area is 171 Å². The summed E-state index contributed by atoms with van der Waals surface area (Å²) in [5.74, 6) is 0.876. The molecule has 0 unspecified atom stereocenters. The summed E-state index contributed by atoms with van der Waals surface area (Å²) in [5, 5.41) is 7.20. The first-order valence-corrected chi connectivity index (χ1v) is 10.0. The van der Waals surface area contributed by atoms with Gasteiger partial charge in [0.05, 0.1) is 36.6 Å². The Balaban J connectivity index is 1.63. The number of para-hydroxylation sites is 2. The van der Waals surface area contributed by atoms with E-state index in [1.54, 1.807) is 13.3 Å². The maximum Gasteiger partial charge on any atom is 0.255 e. The molecule has 0 bridgehead atoms. The highest BCUT2D eigenvalue weighted by Crippen LogP contribution is 2.36. The molecule has 1 atom stereocenters. The number of amides is 1. The van der Waals surface area contributed by atoms with Gasteiger partial charge < -0.3 is 20.3 Å². The third-order valence-corrected chi connectivity index (χ3v) is 5.51. The summed E-state index contributed by atoms with van der Waals surface area (Å²) in [6.07, 6.45) is 3.45. The van der Waals surface area contributed by atoms with Crippen molar-refractivity contribution in [3.63, 3.8) is 0 Å². The second kappa shape index (κ2) is 8.21. The third-order valence-electron chi connectivity index (χ3n) is 5.51. The number of fused-ring (bicyclic) bond motifs is 1. The zero-order chi connectivity index (χ0) is 20.3. The van der Waals surface area contributed by atoms with Gasteiger partial charge in [-0.25, -0.2) is 0 Å². The number of carbonyl (C=O) groups excluding carboxylic acids is 1. The molecule has 1 aromatic carbocycles. The van der Waals surface area contributed by atoms with Crippen LogP contribution >= 0.6 is 0 Å². The van der Waals surface area contributed by atoms with Crippen LogP contribution < -0.4 is 10.6 Å². The van der Waals surface area contributed by atoms with Crippen LogP contribution in [0.2, 0.25) is 0 Å². The molecule has 29 heavy (non-hydrogen) atoms. The van der Waals surface area contributed by atoms with E-state index in [0.29, 0.717) is 25.3 Å². The average molecular weight is 393 g/mol. The molecule has 0 saturated carbocycles. The predicted molar refractivity (Wildman–Crippen MR) is 115 cm³/mol. The van der Waals surface area contributed by atoms with Gasteiger partial charge in [0, 0.05) is 25.5 Å². The first-order chi connectivity index (χ1) is 14.1. The Bertz CT molecular complexity index is 912. The van der Waals surface area contributed by atoms with Gasteiger partial charge in [-0.1, -0.05) is 12.1 Å². The van der Waals surface area contributed by atoms with Crippen LogP contribution in [0.3, 0.4) is 0 Å². The Morgan fingerprint density at radius 1 is 1.28 bits per heavy atom. The Kier molecular flexibility index (Phi) is 5.49. The van der Waals surface area contributed by atoms with Gasteiger partial charge >= 0.3 is 0 Å². The molecule has 3 heterocycles. The number of carbonyl (C=O) groups is 1. The van der Waals surface area contributed by atoms with E-state index in [1.807, 2.05) is 42.2 Å². The standard InChI is InChI=1S/C22H27N5O2/c1-16-8-9-17(14-24-16)20(28)27-12-5-10-22(15-27)21(23-11-13-29-2)25-18-6-3-4-7-19(18)26-22/h3-4,6-9,14,26H,5,10-13,15H2,1-2H3,(H,23,25)/t22-/m1/s1. The number of amidine groups is 1. The molecule has 1 amide bonds. The fourth-order valence-corrected chi connectivity index (χ4v) is 4.01. The van der Waals surface area contributed by atoms with Crippen molar-refractivity contribution >= 4 is 23.1 Å². The van der Waals surface area contributed by atoms with Gasteiger partial charge in [-0.05, 0) is 44.0 Å². The van der Waals surface area contributed by atoms with Crippen molar-refractivity contribution in [3.8, 4) is 0 Å². The van der Waals surface area contributed by atoms with E-state index in [-0.39, 0.29) is 5.91 Å². The van der Waals surface area contributed by atoms with Crippen LogP contribution in [0.1, 0.15) is 28.9 Å². The van der Waals surface area contributed by atoms with Gasteiger partial charge in [-0.2, -0.15) is 0 Å². The van der Waals surface area contributed by atoms with Crippen LogP contribution in [0.25, 0.3) is 0 Å². The topological polar surface area (TPSA) is 78.9 Å². The number of rotatable bonds is 4. The molecule has 1 spiro atoms. The normalized spacial score (nSPS) is 22.1. The zero-order valence-corrected chi connectivity index (χ0v) is 16.9. The number of aryl methyl sites for hydroxylation is 1. The predicted octanol–water partition coefficient (Wildman–Crippen LogP) is 2.95. The number of pyridine rings is 1. The molecular weight excluding hydrogens is 366 g/mol. The lowest BCUT2D eigenvalue weighted by Gasteiger charge is -2.47. The van der Waals surface area contributed by atoms with Crippen LogP contribution in [0.4, 0.5) is 11.4 Å². The molecule has 7 heteroatoms. The number of hydrogen-bond acceptors (Lipinski definition) is 5. The molecule has 7 nitrogen and oxygen atoms in total. The van der Waals surface area contributed by atoms with Crippen molar-refractivity contribution in [2.24, 2.45) is 4.99 Å². The summed E-state index contributed by atoms with van der Waals surface area (Å²) in [4.78, 5) is 24.1. The van der Waals surface area contributed by atoms with E-state index in [0.717, 1.165) is 42.3 Å². The Hall–Kier alpha value is -2.93. The summed E-state index contributed by atoms with van der Waals surface area (Å²) in [7, 11) is 1.68. The van der Waals surface area contributed by atoms with Crippen LogP contribution in [0.5, 0.6) is 0 Å². The molecule has 1 fully saturated rings. The SMILES string of the molecule is COCCN=C1Nc2ccccc2N[C@@]12CCCN(C(=O)c1ccc(C)nc1)C2. The zero-order valence-electron chi connectivity index (χ0n) is 16.9. The molecule has 2 aliphatic rings. The molecular formula is C22H27N5O2. The second-order valence-electron chi connectivity index (χ2n) is 7.62. The maximum atomic E-state index is 13.1. The minimum absolute atomic E-state index is 0.00785. The van der Waals surface area contributed by atoms with E-state index >= 15 is 0 Å². The number of likely N-dealkylation sites (tertiary alicyclic amines) is 1. The fourth-order valence-electron chi connectivity index (χ4n) is 4.01. The summed E-state index contributed by atoms with van der Waals surface area (Å²) in [6.45, 7) is 4.32. The molecule has 2 N–H and O–H groups in total. The van der Waals surface area contributed by atoms with E-state index < -0.39 is 5.54 Å². The molecule has 152 valence electrons. The number of nitrogens with one attached hydrogen (secondary N) is 2. The number of aliphatic imine (C=N–C) groups is 1. The summed E-state index contributed by atoms with van der Waals surface area (Å²) in [5.41, 5.74) is 3.12. The fraction of sp³-hybridized carbons (Fsp3) is 0.409. The smallest absolute Gasteiger partial charge is 0.255 e. The lowest BCUT2D eigenvalue weighted by atomic mass is 9.85. The highest BCUT2D eigenvalue weighted by Gasteiger charge is 2.44. The molecule has 2 aromatic rings. The first kappa shape index (κ1) is 19.4. The Morgan fingerprint density at radius 2 is 2.10 bits per heavy atom. The first-order valence-electron chi connectivity index (χ1n) is 10.0. The second-order valence-corrected chi connectivity index (χ2v) is 7.62. The lowest BCUT2D eigenvalue weighted by Crippen LogP contribution is -2.62. The van der Waals surface area contributed by atoms with Crippen LogP contribution in [0, 0.1) is 6.92 Å². The monoisotopic (exact) mass is 393 g/mol. The summed E-state index contributed by atoms with van der Waals surface area (Å²) in [6, 6.07) is 11.8. The number of ether oxygens (including phenoxy) is 1. The molecule has 1 aromatic heterocycles. The van der Waals surface area contributed by atoms with Crippen molar-refractivity contribution in [2.45, 2.75) is 25.3 Å².